The number of likely N-dealkylation sites (N-methyl/N-ethyl adjacent to an activating group) is 2. The molecule has 2 fully saturated rings. The van der Waals surface area contributed by atoms with E-state index >= 15 is 0 Å². The SMILES string of the molecule is CCNCCNC(=O)CN(CC(=O)N(C)N1C[C@H]2CCCC[C@H]2C1)c1cc(-c2noc(C)n2)ccc1C.Cl.Cl. The van der Waals surface area contributed by atoms with Gasteiger partial charge in [0.1, 0.15) is 0 Å². The van der Waals surface area contributed by atoms with Crippen molar-refractivity contribution in [2.75, 3.05) is 57.8 Å². The zero-order valence-corrected chi connectivity index (χ0v) is 25.1. The average Bonchev–Trinajstić information content (AvgIpc) is 3.52. The second-order valence-corrected chi connectivity index (χ2v) is 10.3. The summed E-state index contributed by atoms with van der Waals surface area (Å²) in [7, 11) is 1.86. The zero-order chi connectivity index (χ0) is 26.4. The predicted molar refractivity (Wildman–Crippen MR) is 157 cm³/mol. The third-order valence-corrected chi connectivity index (χ3v) is 7.61. The number of aromatic nitrogens is 2. The molecule has 12 heteroatoms. The van der Waals surface area contributed by atoms with Gasteiger partial charge < -0.3 is 20.1 Å². The van der Waals surface area contributed by atoms with Crippen LogP contribution >= 0.6 is 24.8 Å². The molecule has 1 saturated carbocycles. The molecule has 4 rings (SSSR count). The summed E-state index contributed by atoms with van der Waals surface area (Å²) in [6, 6.07) is 5.83. The number of carbonyl (C=O) groups excluding carboxylic acids is 2. The number of rotatable bonds is 11. The van der Waals surface area contributed by atoms with E-state index in [0.717, 1.165) is 36.4 Å². The molecule has 1 saturated heterocycles. The summed E-state index contributed by atoms with van der Waals surface area (Å²) in [6.07, 6.45) is 5.09. The maximum Gasteiger partial charge on any atom is 0.256 e. The summed E-state index contributed by atoms with van der Waals surface area (Å²) >= 11 is 0. The van der Waals surface area contributed by atoms with Gasteiger partial charge in [-0.1, -0.05) is 37.1 Å². The molecule has 2 heterocycles. The van der Waals surface area contributed by atoms with Crippen LogP contribution in [0.3, 0.4) is 0 Å². The third kappa shape index (κ3) is 8.54. The quantitative estimate of drug-likeness (QED) is 0.388. The Morgan fingerprint density at radius 1 is 1.08 bits per heavy atom. The summed E-state index contributed by atoms with van der Waals surface area (Å²) in [5, 5.41) is 14.2. The van der Waals surface area contributed by atoms with Gasteiger partial charge in [-0.3, -0.25) is 14.6 Å². The Balaban J connectivity index is 0.00000267. The molecule has 2 amide bonds. The van der Waals surface area contributed by atoms with Gasteiger partial charge in [0.25, 0.3) is 5.91 Å². The number of hydrogen-bond acceptors (Lipinski definition) is 8. The van der Waals surface area contributed by atoms with Crippen molar-refractivity contribution in [2.24, 2.45) is 11.8 Å². The molecule has 2 aliphatic rings. The number of aryl methyl sites for hydroxylation is 2. The smallest absolute Gasteiger partial charge is 0.256 e. The van der Waals surface area contributed by atoms with Crippen molar-refractivity contribution >= 4 is 42.3 Å². The number of carbonyl (C=O) groups is 2. The van der Waals surface area contributed by atoms with Crippen LogP contribution in [0.25, 0.3) is 11.4 Å². The molecule has 1 aromatic heterocycles. The molecule has 0 unspecified atom stereocenters. The monoisotopic (exact) mass is 583 g/mol. The van der Waals surface area contributed by atoms with Crippen LogP contribution in [-0.4, -0.2) is 84.8 Å². The number of hydrazine groups is 1. The van der Waals surface area contributed by atoms with Crippen molar-refractivity contribution in [3.05, 3.63) is 29.7 Å². The van der Waals surface area contributed by atoms with Gasteiger partial charge in [-0.2, -0.15) is 4.98 Å². The molecule has 39 heavy (non-hydrogen) atoms. The fourth-order valence-electron chi connectivity index (χ4n) is 5.48. The fourth-order valence-corrected chi connectivity index (χ4v) is 5.48. The number of halogens is 2. The number of nitrogens with zero attached hydrogens (tertiary/aromatic N) is 5. The van der Waals surface area contributed by atoms with Crippen LogP contribution < -0.4 is 15.5 Å². The van der Waals surface area contributed by atoms with Crippen LogP contribution in [0.5, 0.6) is 0 Å². The highest BCUT2D eigenvalue weighted by molar-refractivity contribution is 5.87. The van der Waals surface area contributed by atoms with Gasteiger partial charge >= 0.3 is 0 Å². The normalized spacial score (nSPS) is 18.5. The molecule has 1 aliphatic heterocycles. The van der Waals surface area contributed by atoms with Crippen LogP contribution in [0.1, 0.15) is 44.1 Å². The van der Waals surface area contributed by atoms with Gasteiger partial charge in [0, 0.05) is 51.4 Å². The lowest BCUT2D eigenvalue weighted by molar-refractivity contribution is -0.142. The van der Waals surface area contributed by atoms with E-state index in [0.29, 0.717) is 36.6 Å². The minimum atomic E-state index is -0.124. The first-order valence-electron chi connectivity index (χ1n) is 13.5. The van der Waals surface area contributed by atoms with E-state index < -0.39 is 0 Å². The van der Waals surface area contributed by atoms with E-state index in [4.69, 9.17) is 4.52 Å². The van der Waals surface area contributed by atoms with Gasteiger partial charge in [-0.15, -0.1) is 24.8 Å². The number of amides is 2. The lowest BCUT2D eigenvalue weighted by atomic mass is 9.82. The van der Waals surface area contributed by atoms with Crippen molar-refractivity contribution in [1.29, 1.82) is 0 Å². The molecule has 2 N–H and O–H groups in total. The summed E-state index contributed by atoms with van der Waals surface area (Å²) in [4.78, 5) is 32.6. The third-order valence-electron chi connectivity index (χ3n) is 7.61. The molecule has 0 bridgehead atoms. The number of benzene rings is 1. The highest BCUT2D eigenvalue weighted by Gasteiger charge is 2.37. The Hall–Kier alpha value is -2.40. The lowest BCUT2D eigenvalue weighted by Crippen LogP contribution is -2.49. The van der Waals surface area contributed by atoms with Gasteiger partial charge in [-0.25, -0.2) is 5.01 Å². The van der Waals surface area contributed by atoms with E-state index in [9.17, 15) is 9.59 Å². The highest BCUT2D eigenvalue weighted by atomic mass is 35.5. The Morgan fingerprint density at radius 2 is 1.77 bits per heavy atom. The Morgan fingerprint density at radius 3 is 2.38 bits per heavy atom. The molecular weight excluding hydrogens is 541 g/mol. The van der Waals surface area contributed by atoms with E-state index in [2.05, 4.69) is 25.8 Å². The van der Waals surface area contributed by atoms with Crippen molar-refractivity contribution in [3.63, 3.8) is 0 Å². The Labute approximate surface area is 244 Å². The first-order chi connectivity index (χ1) is 17.9. The first kappa shape index (κ1) is 32.8. The number of fused-ring (bicyclic) bond motifs is 1. The Kier molecular flexibility index (Phi) is 13.0. The minimum Gasteiger partial charge on any atom is -0.353 e. The molecule has 2 atom stereocenters. The van der Waals surface area contributed by atoms with Crippen LogP contribution in [-0.2, 0) is 9.59 Å². The summed E-state index contributed by atoms with van der Waals surface area (Å²) in [5.41, 5.74) is 2.55. The maximum absolute atomic E-state index is 13.5. The van der Waals surface area contributed by atoms with Crippen LogP contribution in [0.2, 0.25) is 0 Å². The molecule has 10 nitrogen and oxygen atoms in total. The van der Waals surface area contributed by atoms with Crippen molar-refractivity contribution in [3.8, 4) is 11.4 Å². The lowest BCUT2D eigenvalue weighted by Gasteiger charge is -2.32. The van der Waals surface area contributed by atoms with Crippen LogP contribution in [0.15, 0.2) is 22.7 Å². The van der Waals surface area contributed by atoms with Gasteiger partial charge in [0.15, 0.2) is 0 Å². The summed E-state index contributed by atoms with van der Waals surface area (Å²) in [6.45, 7) is 9.89. The minimum absolute atomic E-state index is 0. The van der Waals surface area contributed by atoms with Crippen molar-refractivity contribution < 1.29 is 14.1 Å². The van der Waals surface area contributed by atoms with Crippen molar-refractivity contribution in [2.45, 2.75) is 46.5 Å². The molecule has 0 radical (unpaired) electrons. The Bertz CT molecular complexity index is 1070. The zero-order valence-electron chi connectivity index (χ0n) is 23.4. The number of hydrogen-bond donors (Lipinski definition) is 2. The van der Waals surface area contributed by atoms with Gasteiger partial charge in [0.2, 0.25) is 17.6 Å². The number of nitrogens with one attached hydrogen (secondary N) is 2. The summed E-state index contributed by atoms with van der Waals surface area (Å²) < 4.78 is 5.16. The van der Waals surface area contributed by atoms with Crippen LogP contribution in [0.4, 0.5) is 5.69 Å². The van der Waals surface area contributed by atoms with E-state index in [1.165, 1.54) is 25.7 Å². The van der Waals surface area contributed by atoms with E-state index in [1.807, 2.05) is 44.0 Å². The number of anilines is 1. The topological polar surface area (TPSA) is 107 Å². The standard InChI is InChI=1S/C27H41N7O3.2ClH/c1-5-28-12-13-29-25(35)17-33(24-14-21(11-10-19(24)2)27-30-20(3)37-31-27)18-26(36)32(4)34-15-22-8-6-7-9-23(22)16-34;;/h10-11,14,22-23,28H,5-9,12-13,15-18H2,1-4H3,(H,29,35);2*1H/t22-,23+;;. The molecule has 218 valence electrons. The fraction of sp³-hybridized carbons (Fsp3) is 0.630. The molecule has 1 aliphatic carbocycles. The van der Waals surface area contributed by atoms with Crippen molar-refractivity contribution in [1.82, 2.24) is 30.8 Å². The van der Waals surface area contributed by atoms with Crippen LogP contribution in [0, 0.1) is 25.7 Å². The average molecular weight is 585 g/mol. The van der Waals surface area contributed by atoms with E-state index in [1.54, 1.807) is 11.9 Å². The van der Waals surface area contributed by atoms with Gasteiger partial charge in [0.05, 0.1) is 13.1 Å². The predicted octanol–water partition coefficient (Wildman–Crippen LogP) is 3.22. The highest BCUT2D eigenvalue weighted by Crippen LogP contribution is 2.36. The first-order valence-corrected chi connectivity index (χ1v) is 13.5. The molecule has 2 aromatic rings. The molecule has 0 spiro atoms. The second-order valence-electron chi connectivity index (χ2n) is 10.3. The maximum atomic E-state index is 13.5. The van der Waals surface area contributed by atoms with Gasteiger partial charge in [-0.05, 0) is 49.8 Å². The van der Waals surface area contributed by atoms with E-state index in [-0.39, 0.29) is 49.7 Å². The molecule has 1 aromatic carbocycles. The molecular formula is C27H43Cl2N7O3. The largest absolute Gasteiger partial charge is 0.353 e. The summed E-state index contributed by atoms with van der Waals surface area (Å²) in [5.74, 6) is 2.17. The second kappa shape index (κ2) is 15.4.